The molecule has 0 radical (unpaired) electrons. The molecule has 1 unspecified atom stereocenters. The normalized spacial score (nSPS) is 26.9. The van der Waals surface area contributed by atoms with Gasteiger partial charge in [-0.1, -0.05) is 25.0 Å². The van der Waals surface area contributed by atoms with E-state index in [1.165, 1.54) is 12.8 Å². The number of rotatable bonds is 9. The Morgan fingerprint density at radius 2 is 2.00 bits per heavy atom. The number of Topliss-reactive ketones (excluding diaryl/α,β-unsaturated/α-hetero) is 2. The second-order valence-corrected chi connectivity index (χ2v) is 7.22. The zero-order valence-corrected chi connectivity index (χ0v) is 14.3. The lowest BCUT2D eigenvalue weighted by molar-refractivity contribution is -0.130. The topological polar surface area (TPSA) is 51.2 Å². The maximum atomic E-state index is 12.9. The Hall–Kier alpha value is -1.25. The number of ketones is 2. The first-order valence-corrected chi connectivity index (χ1v) is 9.29. The summed E-state index contributed by atoms with van der Waals surface area (Å²) >= 11 is 0. The van der Waals surface area contributed by atoms with Gasteiger partial charge in [-0.05, 0) is 50.9 Å². The number of hydrogen-bond donors (Lipinski definition) is 0. The van der Waals surface area contributed by atoms with Gasteiger partial charge in [0.15, 0.2) is 0 Å². The summed E-state index contributed by atoms with van der Waals surface area (Å²) in [5.41, 5.74) is 0. The molecule has 0 aromatic rings. The molecule has 0 aromatic carbocycles. The first-order chi connectivity index (χ1) is 11.2. The van der Waals surface area contributed by atoms with Crippen molar-refractivity contribution in [2.45, 2.75) is 71.1 Å². The molecule has 3 atom stereocenters. The lowest BCUT2D eigenvalue weighted by atomic mass is 9.78. The predicted octanol–water partition coefficient (Wildman–Crippen LogP) is 4.29. The van der Waals surface area contributed by atoms with Crippen LogP contribution in [0.1, 0.15) is 71.1 Å². The van der Waals surface area contributed by atoms with Crippen molar-refractivity contribution >= 4 is 17.9 Å². The fraction of sp³-hybridized carbons (Fsp3) is 0.750. The van der Waals surface area contributed by atoms with E-state index in [1.54, 1.807) is 0 Å². The molecule has 0 aliphatic heterocycles. The summed E-state index contributed by atoms with van der Waals surface area (Å²) in [6.45, 7) is 1.97. The molecule has 0 bridgehead atoms. The van der Waals surface area contributed by atoms with E-state index >= 15 is 0 Å². The van der Waals surface area contributed by atoms with Gasteiger partial charge in [-0.15, -0.1) is 0 Å². The van der Waals surface area contributed by atoms with Crippen LogP contribution in [-0.4, -0.2) is 17.9 Å². The molecule has 3 nitrogen and oxygen atoms in total. The Balaban J connectivity index is 2.00. The van der Waals surface area contributed by atoms with Crippen LogP contribution < -0.4 is 0 Å². The van der Waals surface area contributed by atoms with Gasteiger partial charge in [0.2, 0.25) is 0 Å². The van der Waals surface area contributed by atoms with Crippen molar-refractivity contribution in [2.24, 2.45) is 23.7 Å². The first-order valence-electron chi connectivity index (χ1n) is 9.29. The maximum Gasteiger partial charge on any atom is 0.137 e. The minimum absolute atomic E-state index is 0.0668. The third kappa shape index (κ3) is 4.86. The van der Waals surface area contributed by atoms with E-state index in [1.807, 2.05) is 13.0 Å². The van der Waals surface area contributed by atoms with Crippen LogP contribution in [0.25, 0.3) is 0 Å². The Bertz CT molecular complexity index is 446. The van der Waals surface area contributed by atoms with Crippen molar-refractivity contribution in [3.63, 3.8) is 0 Å². The Morgan fingerprint density at radius 3 is 2.65 bits per heavy atom. The molecular formula is C20H30O3. The number of carbonyl (C=O) groups excluding carboxylic acids is 3. The van der Waals surface area contributed by atoms with Gasteiger partial charge in [0.05, 0.1) is 0 Å². The van der Waals surface area contributed by atoms with Crippen LogP contribution in [0, 0.1) is 23.7 Å². The SMILES string of the molecule is CC=C[C@H]1CCC(=O)[C@@H]1CC(=O)C(CCCC=O)C1CCCC1. The van der Waals surface area contributed by atoms with Crippen LogP contribution in [0.15, 0.2) is 12.2 Å². The molecule has 2 rings (SSSR count). The van der Waals surface area contributed by atoms with E-state index in [0.717, 1.165) is 38.4 Å². The van der Waals surface area contributed by atoms with Gasteiger partial charge < -0.3 is 4.79 Å². The zero-order chi connectivity index (χ0) is 16.7. The van der Waals surface area contributed by atoms with E-state index in [-0.39, 0.29) is 29.3 Å². The number of unbranched alkanes of at least 4 members (excludes halogenated alkanes) is 1. The minimum Gasteiger partial charge on any atom is -0.303 e. The molecule has 2 fully saturated rings. The van der Waals surface area contributed by atoms with Gasteiger partial charge in [-0.3, -0.25) is 9.59 Å². The number of hydrogen-bond acceptors (Lipinski definition) is 3. The molecule has 0 aromatic heterocycles. The van der Waals surface area contributed by atoms with Crippen molar-refractivity contribution in [3.8, 4) is 0 Å². The molecule has 2 aliphatic carbocycles. The van der Waals surface area contributed by atoms with Crippen LogP contribution in [0.5, 0.6) is 0 Å². The lowest BCUT2D eigenvalue weighted by Crippen LogP contribution is -2.27. The third-order valence-corrected chi connectivity index (χ3v) is 5.73. The molecular weight excluding hydrogens is 288 g/mol. The van der Waals surface area contributed by atoms with E-state index in [0.29, 0.717) is 25.2 Å². The molecule has 23 heavy (non-hydrogen) atoms. The summed E-state index contributed by atoms with van der Waals surface area (Å²) in [5.74, 6) is 1.23. The van der Waals surface area contributed by atoms with Gasteiger partial charge in [0, 0.05) is 31.1 Å². The highest BCUT2D eigenvalue weighted by Crippen LogP contribution is 2.38. The molecule has 0 heterocycles. The first kappa shape index (κ1) is 18.1. The molecule has 0 saturated heterocycles. The molecule has 2 saturated carbocycles. The number of aldehydes is 1. The lowest BCUT2D eigenvalue weighted by Gasteiger charge is -2.24. The van der Waals surface area contributed by atoms with Crippen molar-refractivity contribution in [2.75, 3.05) is 0 Å². The van der Waals surface area contributed by atoms with Crippen molar-refractivity contribution in [1.29, 1.82) is 0 Å². The zero-order valence-electron chi connectivity index (χ0n) is 14.3. The van der Waals surface area contributed by atoms with Crippen LogP contribution >= 0.6 is 0 Å². The highest BCUT2D eigenvalue weighted by atomic mass is 16.1. The summed E-state index contributed by atoms with van der Waals surface area (Å²) in [4.78, 5) is 35.7. The van der Waals surface area contributed by atoms with Gasteiger partial charge in [0.1, 0.15) is 17.9 Å². The summed E-state index contributed by atoms with van der Waals surface area (Å²) in [6, 6.07) is 0. The fourth-order valence-corrected chi connectivity index (χ4v) is 4.49. The quantitative estimate of drug-likeness (QED) is 0.362. The smallest absolute Gasteiger partial charge is 0.137 e. The molecule has 0 spiro atoms. The van der Waals surface area contributed by atoms with Gasteiger partial charge in [-0.25, -0.2) is 0 Å². The van der Waals surface area contributed by atoms with Crippen molar-refractivity contribution in [1.82, 2.24) is 0 Å². The molecule has 2 aliphatic rings. The average molecular weight is 318 g/mol. The minimum atomic E-state index is -0.103. The summed E-state index contributed by atoms with van der Waals surface area (Å²) in [7, 11) is 0. The third-order valence-electron chi connectivity index (χ3n) is 5.73. The fourth-order valence-electron chi connectivity index (χ4n) is 4.49. The largest absolute Gasteiger partial charge is 0.303 e. The standard InChI is InChI=1S/C20H30O3/c1-2-7-15-11-12-19(22)18(15)14-20(23)17(10-5-6-13-21)16-8-3-4-9-16/h2,7,13,15-18H,3-6,8-12,14H2,1H3/t15-,17?,18+/m0/s1. The molecule has 0 amide bonds. The van der Waals surface area contributed by atoms with Gasteiger partial charge in [-0.2, -0.15) is 0 Å². The highest BCUT2D eigenvalue weighted by molar-refractivity contribution is 5.90. The van der Waals surface area contributed by atoms with E-state index in [2.05, 4.69) is 6.08 Å². The van der Waals surface area contributed by atoms with Crippen molar-refractivity contribution in [3.05, 3.63) is 12.2 Å². The monoisotopic (exact) mass is 318 g/mol. The average Bonchev–Trinajstić information content (AvgIpc) is 3.17. The summed E-state index contributed by atoms with van der Waals surface area (Å²) in [6.07, 6.45) is 13.8. The van der Waals surface area contributed by atoms with Crippen LogP contribution in [-0.2, 0) is 14.4 Å². The van der Waals surface area contributed by atoms with Crippen LogP contribution in [0.3, 0.4) is 0 Å². The Morgan fingerprint density at radius 1 is 1.26 bits per heavy atom. The number of allylic oxidation sites excluding steroid dienone is 2. The van der Waals surface area contributed by atoms with Crippen LogP contribution in [0.4, 0.5) is 0 Å². The second-order valence-electron chi connectivity index (χ2n) is 7.22. The molecule has 0 N–H and O–H groups in total. The van der Waals surface area contributed by atoms with E-state index < -0.39 is 0 Å². The van der Waals surface area contributed by atoms with E-state index in [4.69, 9.17) is 0 Å². The summed E-state index contributed by atoms with van der Waals surface area (Å²) in [5, 5.41) is 0. The van der Waals surface area contributed by atoms with Gasteiger partial charge >= 0.3 is 0 Å². The molecule has 3 heteroatoms. The Labute approximate surface area is 139 Å². The van der Waals surface area contributed by atoms with Crippen molar-refractivity contribution < 1.29 is 14.4 Å². The maximum absolute atomic E-state index is 12.9. The molecule has 128 valence electrons. The Kier molecular flexibility index (Phi) is 7.19. The van der Waals surface area contributed by atoms with Crippen LogP contribution in [0.2, 0.25) is 0 Å². The number of carbonyl (C=O) groups is 3. The van der Waals surface area contributed by atoms with Gasteiger partial charge in [0.25, 0.3) is 0 Å². The highest BCUT2D eigenvalue weighted by Gasteiger charge is 2.37. The summed E-state index contributed by atoms with van der Waals surface area (Å²) < 4.78 is 0. The second kappa shape index (κ2) is 9.14. The van der Waals surface area contributed by atoms with E-state index in [9.17, 15) is 14.4 Å². The predicted molar refractivity (Wildman–Crippen MR) is 91.0 cm³/mol.